The Morgan fingerprint density at radius 1 is 1.35 bits per heavy atom. The first kappa shape index (κ1) is 14.9. The average molecular weight is 340 g/mol. The Labute approximate surface area is 126 Å². The lowest BCUT2D eigenvalue weighted by atomic mass is 10.2. The number of ether oxygens (including phenoxy) is 2. The molecule has 1 aromatic carbocycles. The van der Waals surface area contributed by atoms with E-state index in [1.165, 1.54) is 0 Å². The van der Waals surface area contributed by atoms with E-state index < -0.39 is 0 Å². The van der Waals surface area contributed by atoms with E-state index >= 15 is 0 Å². The summed E-state index contributed by atoms with van der Waals surface area (Å²) in [6.45, 7) is 3.97. The second-order valence-electron chi connectivity index (χ2n) is 4.18. The van der Waals surface area contributed by atoms with Crippen LogP contribution < -0.4 is 14.8 Å². The van der Waals surface area contributed by atoms with Gasteiger partial charge in [-0.3, -0.25) is 0 Å². The summed E-state index contributed by atoms with van der Waals surface area (Å²) in [5, 5.41) is 3.32. The minimum atomic E-state index is 0.602. The maximum absolute atomic E-state index is 5.57. The highest BCUT2D eigenvalue weighted by Gasteiger charge is 2.11. The van der Waals surface area contributed by atoms with Gasteiger partial charge in [0.2, 0.25) is 0 Å². The number of hydrogen-bond acceptors (Lipinski definition) is 4. The smallest absolute Gasteiger partial charge is 0.175 e. The van der Waals surface area contributed by atoms with Gasteiger partial charge in [0.15, 0.2) is 11.5 Å². The maximum Gasteiger partial charge on any atom is 0.175 e. The van der Waals surface area contributed by atoms with E-state index in [0.29, 0.717) is 13.2 Å². The van der Waals surface area contributed by atoms with Gasteiger partial charge in [-0.05, 0) is 40.5 Å². The van der Waals surface area contributed by atoms with Gasteiger partial charge in [-0.2, -0.15) is 0 Å². The van der Waals surface area contributed by atoms with E-state index in [9.17, 15) is 0 Å². The van der Waals surface area contributed by atoms with Gasteiger partial charge in [0.25, 0.3) is 0 Å². The van der Waals surface area contributed by atoms with Crippen molar-refractivity contribution < 1.29 is 9.47 Å². The number of nitrogens with zero attached hydrogens (tertiary/aromatic N) is 1. The Morgan fingerprint density at radius 2 is 2.20 bits per heavy atom. The molecule has 0 fully saturated rings. The molecule has 5 nitrogen and oxygen atoms in total. The number of aromatic nitrogens is 2. The number of halogens is 1. The lowest BCUT2D eigenvalue weighted by Gasteiger charge is -2.13. The second kappa shape index (κ2) is 7.31. The van der Waals surface area contributed by atoms with E-state index in [-0.39, 0.29) is 0 Å². The Bertz CT molecular complexity index is 544. The number of methoxy groups -OCH3 is 1. The molecule has 1 heterocycles. The Morgan fingerprint density at radius 3 is 2.85 bits per heavy atom. The van der Waals surface area contributed by atoms with Crippen LogP contribution in [0.25, 0.3) is 0 Å². The van der Waals surface area contributed by atoms with Crippen molar-refractivity contribution in [3.8, 4) is 11.5 Å². The van der Waals surface area contributed by atoms with Crippen LogP contribution in [0.5, 0.6) is 11.5 Å². The van der Waals surface area contributed by atoms with Crippen molar-refractivity contribution >= 4 is 15.9 Å². The summed E-state index contributed by atoms with van der Waals surface area (Å²) in [5.41, 5.74) is 1.11. The zero-order valence-corrected chi connectivity index (χ0v) is 13.2. The van der Waals surface area contributed by atoms with E-state index in [0.717, 1.165) is 33.9 Å². The van der Waals surface area contributed by atoms with Crippen LogP contribution >= 0.6 is 15.9 Å². The number of H-pyrrole nitrogens is 1. The zero-order valence-electron chi connectivity index (χ0n) is 11.6. The molecule has 1 aromatic heterocycles. The molecule has 2 rings (SSSR count). The van der Waals surface area contributed by atoms with Crippen molar-refractivity contribution in [2.75, 3.05) is 13.7 Å². The van der Waals surface area contributed by atoms with Crippen molar-refractivity contribution in [3.63, 3.8) is 0 Å². The molecule has 0 aliphatic rings. The molecule has 6 heteroatoms. The molecule has 0 atom stereocenters. The van der Waals surface area contributed by atoms with Crippen molar-refractivity contribution in [3.05, 3.63) is 40.4 Å². The highest BCUT2D eigenvalue weighted by atomic mass is 79.9. The van der Waals surface area contributed by atoms with Crippen molar-refractivity contribution in [2.45, 2.75) is 20.0 Å². The molecular weight excluding hydrogens is 322 g/mol. The van der Waals surface area contributed by atoms with E-state index in [4.69, 9.17) is 9.47 Å². The largest absolute Gasteiger partial charge is 0.493 e. The standard InChI is InChI=1S/C14H18BrN3O2/c1-3-20-14-11(15)6-10(7-12(14)19-2)8-16-9-13-17-4-5-18-13/h4-7,16H,3,8-9H2,1-2H3,(H,17,18). The fraction of sp³-hybridized carbons (Fsp3) is 0.357. The quantitative estimate of drug-likeness (QED) is 0.814. The predicted octanol–water partition coefficient (Wildman–Crippen LogP) is 2.87. The normalized spacial score (nSPS) is 10.6. The third-order valence-corrected chi connectivity index (χ3v) is 3.34. The van der Waals surface area contributed by atoms with Crippen LogP contribution in [-0.2, 0) is 13.1 Å². The topological polar surface area (TPSA) is 59.2 Å². The van der Waals surface area contributed by atoms with Crippen LogP contribution in [0, 0.1) is 0 Å². The van der Waals surface area contributed by atoms with E-state index in [1.807, 2.05) is 25.3 Å². The Hall–Kier alpha value is -1.53. The Kier molecular flexibility index (Phi) is 5.43. The monoisotopic (exact) mass is 339 g/mol. The SMILES string of the molecule is CCOc1c(Br)cc(CNCc2ncc[nH]2)cc1OC. The van der Waals surface area contributed by atoms with Crippen LogP contribution in [0.15, 0.2) is 29.0 Å². The van der Waals surface area contributed by atoms with Gasteiger partial charge in [0, 0.05) is 18.9 Å². The summed E-state index contributed by atoms with van der Waals surface area (Å²) in [5.74, 6) is 2.39. The van der Waals surface area contributed by atoms with Gasteiger partial charge in [0.1, 0.15) is 5.82 Å². The minimum Gasteiger partial charge on any atom is -0.493 e. The van der Waals surface area contributed by atoms with Gasteiger partial charge in [-0.15, -0.1) is 0 Å². The summed E-state index contributed by atoms with van der Waals surface area (Å²) in [7, 11) is 1.64. The molecule has 108 valence electrons. The van der Waals surface area contributed by atoms with Crippen LogP contribution in [0.2, 0.25) is 0 Å². The third kappa shape index (κ3) is 3.74. The molecule has 20 heavy (non-hydrogen) atoms. The molecule has 0 amide bonds. The number of benzene rings is 1. The summed E-state index contributed by atoms with van der Waals surface area (Å²) in [6, 6.07) is 4.01. The van der Waals surface area contributed by atoms with Gasteiger partial charge >= 0.3 is 0 Å². The third-order valence-electron chi connectivity index (χ3n) is 2.75. The molecule has 0 aliphatic heterocycles. The lowest BCUT2D eigenvalue weighted by Crippen LogP contribution is -2.14. The fourth-order valence-corrected chi connectivity index (χ4v) is 2.48. The van der Waals surface area contributed by atoms with Crippen LogP contribution in [-0.4, -0.2) is 23.7 Å². The molecule has 0 aliphatic carbocycles. The molecule has 0 unspecified atom stereocenters. The molecule has 0 radical (unpaired) electrons. The summed E-state index contributed by atoms with van der Waals surface area (Å²) < 4.78 is 11.8. The van der Waals surface area contributed by atoms with Crippen LogP contribution in [0.3, 0.4) is 0 Å². The zero-order chi connectivity index (χ0) is 14.4. The van der Waals surface area contributed by atoms with Crippen molar-refractivity contribution in [2.24, 2.45) is 0 Å². The van der Waals surface area contributed by atoms with Crippen LogP contribution in [0.4, 0.5) is 0 Å². The fourth-order valence-electron chi connectivity index (χ4n) is 1.88. The number of aromatic amines is 1. The molecule has 0 bridgehead atoms. The summed E-state index contributed by atoms with van der Waals surface area (Å²) in [6.07, 6.45) is 3.56. The Balaban J connectivity index is 2.02. The van der Waals surface area contributed by atoms with E-state index in [1.54, 1.807) is 13.3 Å². The highest BCUT2D eigenvalue weighted by Crippen LogP contribution is 2.36. The highest BCUT2D eigenvalue weighted by molar-refractivity contribution is 9.10. The molecule has 2 N–H and O–H groups in total. The van der Waals surface area contributed by atoms with Gasteiger partial charge in [-0.1, -0.05) is 0 Å². The second-order valence-corrected chi connectivity index (χ2v) is 5.04. The molecular formula is C14H18BrN3O2. The van der Waals surface area contributed by atoms with Crippen molar-refractivity contribution in [1.82, 2.24) is 15.3 Å². The predicted molar refractivity (Wildman–Crippen MR) is 81.0 cm³/mol. The van der Waals surface area contributed by atoms with E-state index in [2.05, 4.69) is 31.2 Å². The molecule has 2 aromatic rings. The van der Waals surface area contributed by atoms with Gasteiger partial charge < -0.3 is 19.8 Å². The molecule has 0 spiro atoms. The van der Waals surface area contributed by atoms with Crippen molar-refractivity contribution in [1.29, 1.82) is 0 Å². The first-order valence-electron chi connectivity index (χ1n) is 6.42. The maximum atomic E-state index is 5.57. The number of imidazole rings is 1. The van der Waals surface area contributed by atoms with Gasteiger partial charge in [-0.25, -0.2) is 4.98 Å². The first-order chi connectivity index (χ1) is 9.74. The average Bonchev–Trinajstić information content (AvgIpc) is 2.94. The molecule has 0 saturated carbocycles. The summed E-state index contributed by atoms with van der Waals surface area (Å²) in [4.78, 5) is 7.22. The number of hydrogen-bond donors (Lipinski definition) is 2. The minimum absolute atomic E-state index is 0.602. The number of nitrogens with one attached hydrogen (secondary N) is 2. The first-order valence-corrected chi connectivity index (χ1v) is 7.22. The lowest BCUT2D eigenvalue weighted by molar-refractivity contribution is 0.308. The van der Waals surface area contributed by atoms with Crippen LogP contribution in [0.1, 0.15) is 18.3 Å². The number of rotatable bonds is 7. The summed E-state index contributed by atoms with van der Waals surface area (Å²) >= 11 is 3.52. The molecule has 0 saturated heterocycles. The van der Waals surface area contributed by atoms with Gasteiger partial charge in [0.05, 0.1) is 24.7 Å².